The van der Waals surface area contributed by atoms with Crippen LogP contribution in [-0.4, -0.2) is 49.6 Å². The predicted molar refractivity (Wildman–Crippen MR) is 99.9 cm³/mol. The van der Waals surface area contributed by atoms with Crippen LogP contribution in [0, 0.1) is 0 Å². The highest BCUT2D eigenvalue weighted by Crippen LogP contribution is 2.13. The number of carbonyl (C=O) groups is 2. The second-order valence-corrected chi connectivity index (χ2v) is 6.12. The van der Waals surface area contributed by atoms with Crippen molar-refractivity contribution in [2.45, 2.75) is 6.54 Å². The van der Waals surface area contributed by atoms with Crippen molar-refractivity contribution in [3.8, 4) is 0 Å². The molecule has 0 saturated carbocycles. The number of rotatable bonds is 6. The molecule has 26 heavy (non-hydrogen) atoms. The van der Waals surface area contributed by atoms with Gasteiger partial charge >= 0.3 is 0 Å². The third kappa shape index (κ3) is 5.15. The molecule has 3 rings (SSSR count). The van der Waals surface area contributed by atoms with Gasteiger partial charge in [0.1, 0.15) is 0 Å². The Balaban J connectivity index is 1.51. The van der Waals surface area contributed by atoms with Crippen molar-refractivity contribution in [3.05, 3.63) is 65.7 Å². The van der Waals surface area contributed by atoms with Gasteiger partial charge in [-0.15, -0.1) is 0 Å². The smallest absolute Gasteiger partial charge is 0.254 e. The van der Waals surface area contributed by atoms with Gasteiger partial charge in [-0.2, -0.15) is 0 Å². The Hall–Kier alpha value is -2.70. The quantitative estimate of drug-likeness (QED) is 0.832. The van der Waals surface area contributed by atoms with E-state index in [1.165, 1.54) is 0 Å². The number of anilines is 1. The molecular weight excluding hydrogens is 330 g/mol. The summed E-state index contributed by atoms with van der Waals surface area (Å²) in [7, 11) is 0. The number of morpholine rings is 1. The van der Waals surface area contributed by atoms with Gasteiger partial charge in [-0.05, 0) is 23.8 Å². The van der Waals surface area contributed by atoms with E-state index in [-0.39, 0.29) is 18.4 Å². The first-order valence-electron chi connectivity index (χ1n) is 8.74. The minimum absolute atomic E-state index is 0.0356. The number of hydrogen-bond donors (Lipinski definition) is 2. The molecule has 0 bridgehead atoms. The van der Waals surface area contributed by atoms with E-state index in [2.05, 4.69) is 10.6 Å². The van der Waals surface area contributed by atoms with Crippen LogP contribution >= 0.6 is 0 Å². The van der Waals surface area contributed by atoms with Crippen LogP contribution in [0.3, 0.4) is 0 Å². The Kier molecular flexibility index (Phi) is 6.35. The number of ether oxygens (including phenoxy) is 1. The minimum atomic E-state index is -0.142. The van der Waals surface area contributed by atoms with E-state index in [1.54, 1.807) is 29.2 Å². The van der Waals surface area contributed by atoms with Gasteiger partial charge < -0.3 is 20.3 Å². The van der Waals surface area contributed by atoms with Gasteiger partial charge in [0.25, 0.3) is 5.91 Å². The van der Waals surface area contributed by atoms with E-state index in [1.807, 2.05) is 30.3 Å². The molecule has 2 amide bonds. The summed E-state index contributed by atoms with van der Waals surface area (Å²) >= 11 is 0. The van der Waals surface area contributed by atoms with Crippen LogP contribution in [0.5, 0.6) is 0 Å². The Morgan fingerprint density at radius 2 is 1.77 bits per heavy atom. The van der Waals surface area contributed by atoms with Crippen LogP contribution in [0.1, 0.15) is 15.9 Å². The van der Waals surface area contributed by atoms with Gasteiger partial charge in [0.15, 0.2) is 0 Å². The highest BCUT2D eigenvalue weighted by molar-refractivity contribution is 5.97. The normalized spacial score (nSPS) is 14.1. The maximum Gasteiger partial charge on any atom is 0.254 e. The molecule has 2 aromatic rings. The van der Waals surface area contributed by atoms with Gasteiger partial charge in [-0.1, -0.05) is 36.4 Å². The molecule has 6 nitrogen and oxygen atoms in total. The summed E-state index contributed by atoms with van der Waals surface area (Å²) in [6.45, 7) is 3.16. The van der Waals surface area contributed by atoms with Gasteiger partial charge in [0, 0.05) is 30.9 Å². The standard InChI is InChI=1S/C20H23N3O3/c24-19(15-21-14-16-5-2-1-3-6-16)22-18-8-4-7-17(13-18)20(25)23-9-11-26-12-10-23/h1-8,13,21H,9-12,14-15H2,(H,22,24). The lowest BCUT2D eigenvalue weighted by atomic mass is 10.1. The van der Waals surface area contributed by atoms with Crippen molar-refractivity contribution in [1.29, 1.82) is 0 Å². The monoisotopic (exact) mass is 353 g/mol. The fraction of sp³-hybridized carbons (Fsp3) is 0.300. The second kappa shape index (κ2) is 9.12. The topological polar surface area (TPSA) is 70.7 Å². The first-order chi connectivity index (χ1) is 12.7. The van der Waals surface area contributed by atoms with Crippen molar-refractivity contribution in [1.82, 2.24) is 10.2 Å². The third-order valence-corrected chi connectivity index (χ3v) is 4.15. The number of amides is 2. The van der Waals surface area contributed by atoms with E-state index >= 15 is 0 Å². The number of nitrogens with zero attached hydrogens (tertiary/aromatic N) is 1. The number of nitrogens with one attached hydrogen (secondary N) is 2. The van der Waals surface area contributed by atoms with Crippen LogP contribution in [0.25, 0.3) is 0 Å². The van der Waals surface area contributed by atoms with Gasteiger partial charge in [-0.25, -0.2) is 0 Å². The van der Waals surface area contributed by atoms with Gasteiger partial charge in [0.05, 0.1) is 19.8 Å². The predicted octanol–water partition coefficient (Wildman–Crippen LogP) is 1.89. The SMILES string of the molecule is O=C(CNCc1ccccc1)Nc1cccc(C(=O)N2CCOCC2)c1. The molecule has 6 heteroatoms. The number of hydrogen-bond acceptors (Lipinski definition) is 4. The van der Waals surface area contributed by atoms with Crippen molar-refractivity contribution >= 4 is 17.5 Å². The van der Waals surface area contributed by atoms with E-state index < -0.39 is 0 Å². The van der Waals surface area contributed by atoms with Gasteiger partial charge in [0.2, 0.25) is 5.91 Å². The van der Waals surface area contributed by atoms with Crippen molar-refractivity contribution in [2.24, 2.45) is 0 Å². The molecule has 2 aromatic carbocycles. The molecule has 136 valence electrons. The molecule has 1 aliphatic heterocycles. The van der Waals surface area contributed by atoms with E-state index in [0.29, 0.717) is 44.1 Å². The Morgan fingerprint density at radius 3 is 2.54 bits per heavy atom. The summed E-state index contributed by atoms with van der Waals surface area (Å²) in [5, 5.41) is 5.94. The maximum absolute atomic E-state index is 12.5. The minimum Gasteiger partial charge on any atom is -0.378 e. The molecule has 0 radical (unpaired) electrons. The van der Waals surface area contributed by atoms with Crippen LogP contribution in [0.2, 0.25) is 0 Å². The largest absolute Gasteiger partial charge is 0.378 e. The molecule has 1 fully saturated rings. The van der Waals surface area contributed by atoms with Crippen LogP contribution in [-0.2, 0) is 16.1 Å². The molecule has 2 N–H and O–H groups in total. The zero-order valence-corrected chi connectivity index (χ0v) is 14.6. The average Bonchev–Trinajstić information content (AvgIpc) is 2.69. The van der Waals surface area contributed by atoms with Crippen LogP contribution < -0.4 is 10.6 Å². The Morgan fingerprint density at radius 1 is 1.00 bits per heavy atom. The second-order valence-electron chi connectivity index (χ2n) is 6.12. The Labute approximate surface area is 153 Å². The lowest BCUT2D eigenvalue weighted by molar-refractivity contribution is -0.115. The molecule has 1 aliphatic rings. The highest BCUT2D eigenvalue weighted by atomic mass is 16.5. The van der Waals surface area contributed by atoms with E-state index in [0.717, 1.165) is 5.56 Å². The summed E-state index contributed by atoms with van der Waals surface area (Å²) < 4.78 is 5.27. The van der Waals surface area contributed by atoms with Crippen LogP contribution in [0.15, 0.2) is 54.6 Å². The van der Waals surface area contributed by atoms with Crippen molar-refractivity contribution in [2.75, 3.05) is 38.2 Å². The summed E-state index contributed by atoms with van der Waals surface area (Å²) in [5.41, 5.74) is 2.32. The fourth-order valence-corrected chi connectivity index (χ4v) is 2.80. The first-order valence-corrected chi connectivity index (χ1v) is 8.74. The summed E-state index contributed by atoms with van der Waals surface area (Å²) in [6.07, 6.45) is 0. The van der Waals surface area contributed by atoms with Crippen LogP contribution in [0.4, 0.5) is 5.69 Å². The molecule has 0 aliphatic carbocycles. The van der Waals surface area contributed by atoms with Crippen molar-refractivity contribution in [3.63, 3.8) is 0 Å². The molecule has 1 heterocycles. The van der Waals surface area contributed by atoms with E-state index in [4.69, 9.17) is 4.74 Å². The maximum atomic E-state index is 12.5. The van der Waals surface area contributed by atoms with E-state index in [9.17, 15) is 9.59 Å². The number of carbonyl (C=O) groups excluding carboxylic acids is 2. The average molecular weight is 353 g/mol. The summed E-state index contributed by atoms with van der Waals surface area (Å²) in [4.78, 5) is 26.4. The molecule has 0 spiro atoms. The lowest BCUT2D eigenvalue weighted by Crippen LogP contribution is -2.40. The lowest BCUT2D eigenvalue weighted by Gasteiger charge is -2.27. The molecule has 1 saturated heterocycles. The van der Waals surface area contributed by atoms with Gasteiger partial charge in [-0.3, -0.25) is 9.59 Å². The zero-order chi connectivity index (χ0) is 18.2. The Bertz CT molecular complexity index is 743. The number of benzene rings is 2. The summed E-state index contributed by atoms with van der Waals surface area (Å²) in [6, 6.07) is 16.9. The zero-order valence-electron chi connectivity index (χ0n) is 14.6. The molecular formula is C20H23N3O3. The third-order valence-electron chi connectivity index (χ3n) is 4.15. The molecule has 0 aromatic heterocycles. The van der Waals surface area contributed by atoms with Crippen molar-refractivity contribution < 1.29 is 14.3 Å². The molecule has 0 atom stereocenters. The summed E-state index contributed by atoms with van der Waals surface area (Å²) in [5.74, 6) is -0.177. The first kappa shape index (κ1) is 18.1. The molecule has 0 unspecified atom stereocenters. The fourth-order valence-electron chi connectivity index (χ4n) is 2.80. The highest BCUT2D eigenvalue weighted by Gasteiger charge is 2.18.